The molecule has 6 heteroatoms. The molecular formula is C13H14N4OS. The fourth-order valence-corrected chi connectivity index (χ4v) is 2.28. The third kappa shape index (κ3) is 3.80. The van der Waals surface area contributed by atoms with E-state index in [1.807, 2.05) is 6.07 Å². The molecule has 2 rings (SSSR count). The zero-order valence-corrected chi connectivity index (χ0v) is 11.6. The molecule has 0 atom stereocenters. The molecule has 0 spiro atoms. The molecule has 0 bridgehead atoms. The predicted molar refractivity (Wildman–Crippen MR) is 73.2 cm³/mol. The van der Waals surface area contributed by atoms with E-state index >= 15 is 0 Å². The molecule has 0 amide bonds. The van der Waals surface area contributed by atoms with Crippen molar-refractivity contribution < 1.29 is 4.52 Å². The molecule has 0 N–H and O–H groups in total. The molecule has 0 radical (unpaired) electrons. The fourth-order valence-electron chi connectivity index (χ4n) is 1.39. The third-order valence-corrected chi connectivity index (χ3v) is 3.63. The van der Waals surface area contributed by atoms with Crippen LogP contribution in [0.25, 0.3) is 11.6 Å². The van der Waals surface area contributed by atoms with Crippen molar-refractivity contribution in [3.05, 3.63) is 29.7 Å². The Hall–Kier alpha value is -1.87. The van der Waals surface area contributed by atoms with Crippen LogP contribution in [-0.4, -0.2) is 20.9 Å². The maximum Gasteiger partial charge on any atom is 0.276 e. The molecule has 0 saturated carbocycles. The number of hydrogen-bond donors (Lipinski definition) is 0. The lowest BCUT2D eigenvalue weighted by Gasteiger charge is -2.00. The van der Waals surface area contributed by atoms with E-state index in [-0.39, 0.29) is 0 Å². The van der Waals surface area contributed by atoms with Gasteiger partial charge in [0.15, 0.2) is 5.82 Å². The molecule has 0 aliphatic rings. The molecule has 98 valence electrons. The molecular weight excluding hydrogens is 260 g/mol. The monoisotopic (exact) mass is 274 g/mol. The van der Waals surface area contributed by atoms with Gasteiger partial charge in [0.25, 0.3) is 5.89 Å². The smallest absolute Gasteiger partial charge is 0.276 e. The lowest BCUT2D eigenvalue weighted by atomic mass is 10.3. The Bertz CT molecular complexity index is 571. The molecule has 2 heterocycles. The van der Waals surface area contributed by atoms with E-state index in [1.54, 1.807) is 23.9 Å². The average Bonchev–Trinajstić information content (AvgIpc) is 2.87. The number of rotatable bonds is 5. The summed E-state index contributed by atoms with van der Waals surface area (Å²) >= 11 is 1.78. The number of thioether (sulfide) groups is 1. The minimum atomic E-state index is 0.393. The highest BCUT2D eigenvalue weighted by atomic mass is 32.2. The summed E-state index contributed by atoms with van der Waals surface area (Å²) in [4.78, 5) is 8.40. The predicted octanol–water partition coefficient (Wildman–Crippen LogP) is 2.89. The Morgan fingerprint density at radius 2 is 2.26 bits per heavy atom. The zero-order chi connectivity index (χ0) is 13.7. The minimum Gasteiger partial charge on any atom is -0.332 e. The van der Waals surface area contributed by atoms with E-state index < -0.39 is 0 Å². The van der Waals surface area contributed by atoms with Gasteiger partial charge in [0, 0.05) is 6.20 Å². The van der Waals surface area contributed by atoms with Crippen LogP contribution < -0.4 is 0 Å². The van der Waals surface area contributed by atoms with Gasteiger partial charge < -0.3 is 4.52 Å². The van der Waals surface area contributed by atoms with Crippen molar-refractivity contribution in [2.45, 2.75) is 19.6 Å². The molecule has 0 unspecified atom stereocenters. The average molecular weight is 274 g/mol. The Balaban J connectivity index is 2.01. The Morgan fingerprint density at radius 3 is 2.89 bits per heavy atom. The first-order valence-corrected chi connectivity index (χ1v) is 7.11. The molecule has 0 aliphatic heterocycles. The summed E-state index contributed by atoms with van der Waals surface area (Å²) in [5.74, 6) is 3.52. The van der Waals surface area contributed by atoms with Gasteiger partial charge >= 0.3 is 0 Å². The number of nitrogens with zero attached hydrogens (tertiary/aromatic N) is 4. The summed E-state index contributed by atoms with van der Waals surface area (Å²) in [5.41, 5.74) is 1.10. The minimum absolute atomic E-state index is 0.393. The lowest BCUT2D eigenvalue weighted by Crippen LogP contribution is -1.92. The largest absolute Gasteiger partial charge is 0.332 e. The highest BCUT2D eigenvalue weighted by molar-refractivity contribution is 7.98. The van der Waals surface area contributed by atoms with Crippen LogP contribution in [0, 0.1) is 17.2 Å². The van der Waals surface area contributed by atoms with Crippen LogP contribution in [0.3, 0.4) is 0 Å². The van der Waals surface area contributed by atoms with Gasteiger partial charge in [-0.1, -0.05) is 19.0 Å². The fraction of sp³-hybridized carbons (Fsp3) is 0.385. The number of hydrogen-bond acceptors (Lipinski definition) is 6. The first-order valence-electron chi connectivity index (χ1n) is 5.96. The standard InChI is InChI=1S/C13H14N4OS/c1-9(2)7-19-8-12-16-13(18-17-12)11-4-3-10(5-14)6-15-11/h3-4,6,9H,7-8H2,1-2H3. The van der Waals surface area contributed by atoms with Gasteiger partial charge in [-0.2, -0.15) is 22.0 Å². The molecule has 2 aromatic heterocycles. The van der Waals surface area contributed by atoms with Crippen LogP contribution in [-0.2, 0) is 5.75 Å². The van der Waals surface area contributed by atoms with Crippen molar-refractivity contribution in [3.63, 3.8) is 0 Å². The van der Waals surface area contributed by atoms with E-state index in [2.05, 4.69) is 29.0 Å². The first-order chi connectivity index (χ1) is 9.19. The summed E-state index contributed by atoms with van der Waals surface area (Å²) in [6.07, 6.45) is 1.49. The van der Waals surface area contributed by atoms with Crippen LogP contribution in [0.15, 0.2) is 22.9 Å². The number of nitriles is 1. The Morgan fingerprint density at radius 1 is 1.42 bits per heavy atom. The van der Waals surface area contributed by atoms with E-state index in [1.165, 1.54) is 6.20 Å². The summed E-state index contributed by atoms with van der Waals surface area (Å²) < 4.78 is 5.16. The second-order valence-electron chi connectivity index (χ2n) is 4.47. The highest BCUT2D eigenvalue weighted by Gasteiger charge is 2.10. The maximum absolute atomic E-state index is 8.70. The van der Waals surface area contributed by atoms with Crippen LogP contribution in [0.5, 0.6) is 0 Å². The van der Waals surface area contributed by atoms with Gasteiger partial charge in [-0.25, -0.2) is 4.98 Å². The number of aromatic nitrogens is 3. The molecule has 2 aromatic rings. The van der Waals surface area contributed by atoms with Gasteiger partial charge in [0.2, 0.25) is 0 Å². The van der Waals surface area contributed by atoms with Crippen molar-refractivity contribution in [2.24, 2.45) is 5.92 Å². The highest BCUT2D eigenvalue weighted by Crippen LogP contribution is 2.18. The van der Waals surface area contributed by atoms with Crippen molar-refractivity contribution in [1.82, 2.24) is 15.1 Å². The second kappa shape index (κ2) is 6.34. The summed E-state index contributed by atoms with van der Waals surface area (Å²) in [6, 6.07) is 5.40. The summed E-state index contributed by atoms with van der Waals surface area (Å²) in [7, 11) is 0. The quantitative estimate of drug-likeness (QED) is 0.834. The van der Waals surface area contributed by atoms with Crippen LogP contribution in [0.2, 0.25) is 0 Å². The zero-order valence-electron chi connectivity index (χ0n) is 10.8. The molecule has 5 nitrogen and oxygen atoms in total. The molecule has 0 saturated heterocycles. The first kappa shape index (κ1) is 13.6. The van der Waals surface area contributed by atoms with Gasteiger partial charge in [-0.15, -0.1) is 0 Å². The molecule has 19 heavy (non-hydrogen) atoms. The van der Waals surface area contributed by atoms with Gasteiger partial charge in [0.1, 0.15) is 11.8 Å². The van der Waals surface area contributed by atoms with E-state index in [4.69, 9.17) is 9.78 Å². The third-order valence-electron chi connectivity index (χ3n) is 2.26. The van der Waals surface area contributed by atoms with Crippen molar-refractivity contribution in [3.8, 4) is 17.7 Å². The van der Waals surface area contributed by atoms with Gasteiger partial charge in [-0.05, 0) is 23.8 Å². The Kier molecular flexibility index (Phi) is 4.53. The van der Waals surface area contributed by atoms with Crippen molar-refractivity contribution in [1.29, 1.82) is 5.26 Å². The molecule has 0 aliphatic carbocycles. The topological polar surface area (TPSA) is 75.6 Å². The van der Waals surface area contributed by atoms with Crippen molar-refractivity contribution >= 4 is 11.8 Å². The van der Waals surface area contributed by atoms with E-state index in [0.29, 0.717) is 28.9 Å². The van der Waals surface area contributed by atoms with Crippen LogP contribution >= 0.6 is 11.8 Å². The van der Waals surface area contributed by atoms with Crippen molar-refractivity contribution in [2.75, 3.05) is 5.75 Å². The maximum atomic E-state index is 8.70. The van der Waals surface area contributed by atoms with Crippen LogP contribution in [0.1, 0.15) is 25.2 Å². The van der Waals surface area contributed by atoms with Gasteiger partial charge in [-0.3, -0.25) is 0 Å². The van der Waals surface area contributed by atoms with Crippen LogP contribution in [0.4, 0.5) is 0 Å². The second-order valence-corrected chi connectivity index (χ2v) is 5.50. The van der Waals surface area contributed by atoms with E-state index in [0.717, 1.165) is 11.5 Å². The molecule has 0 aromatic carbocycles. The lowest BCUT2D eigenvalue weighted by molar-refractivity contribution is 0.424. The van der Waals surface area contributed by atoms with E-state index in [9.17, 15) is 0 Å². The molecule has 0 fully saturated rings. The normalized spacial score (nSPS) is 10.6. The Labute approximate surface area is 116 Å². The van der Waals surface area contributed by atoms with Gasteiger partial charge in [0.05, 0.1) is 11.3 Å². The SMILES string of the molecule is CC(C)CSCc1noc(-c2ccc(C#N)cn2)n1. The summed E-state index contributed by atoms with van der Waals surface area (Å²) in [6.45, 7) is 4.35. The summed E-state index contributed by atoms with van der Waals surface area (Å²) in [5, 5.41) is 12.6. The number of pyridine rings is 1.